The monoisotopic (exact) mass is 397 g/mol. The van der Waals surface area contributed by atoms with E-state index in [1.807, 2.05) is 26.1 Å². The second-order valence-electron chi connectivity index (χ2n) is 7.94. The number of hydrogen-bond donors (Lipinski definition) is 0. The lowest BCUT2D eigenvalue weighted by Crippen LogP contribution is -2.50. The van der Waals surface area contributed by atoms with E-state index in [2.05, 4.69) is 16.0 Å². The first-order chi connectivity index (χ1) is 14.2. The van der Waals surface area contributed by atoms with Crippen molar-refractivity contribution in [2.45, 2.75) is 45.3 Å². The molecule has 1 spiro atoms. The Kier molecular flexibility index (Phi) is 4.80. The third-order valence-corrected chi connectivity index (χ3v) is 5.95. The normalized spacial score (nSPS) is 23.2. The second-order valence-corrected chi connectivity index (χ2v) is 7.94. The molecule has 2 aromatic rings. The number of nitrogens with zero attached hydrogens (tertiary/aromatic N) is 3. The summed E-state index contributed by atoms with van der Waals surface area (Å²) in [6.07, 6.45) is 4.92. The molecule has 1 aromatic carbocycles. The fourth-order valence-corrected chi connectivity index (χ4v) is 4.67. The number of aromatic nitrogens is 2. The summed E-state index contributed by atoms with van der Waals surface area (Å²) in [5, 5.41) is 0. The number of benzene rings is 1. The van der Waals surface area contributed by atoms with Gasteiger partial charge in [-0.1, -0.05) is 0 Å². The van der Waals surface area contributed by atoms with Crippen LogP contribution in [0.4, 0.5) is 0 Å². The first kappa shape index (κ1) is 18.6. The molecule has 1 fully saturated rings. The molecule has 154 valence electrons. The fraction of sp³-hybridized carbons (Fsp3) is 0.545. The van der Waals surface area contributed by atoms with E-state index < -0.39 is 0 Å². The minimum Gasteiger partial charge on any atom is -0.493 e. The van der Waals surface area contributed by atoms with Gasteiger partial charge in [-0.15, -0.1) is 0 Å². The van der Waals surface area contributed by atoms with Crippen LogP contribution in [0, 0.1) is 6.92 Å². The van der Waals surface area contributed by atoms with Crippen LogP contribution in [0.1, 0.15) is 42.4 Å². The first-order valence-electron chi connectivity index (χ1n) is 10.4. The number of aryl methyl sites for hydroxylation is 1. The van der Waals surface area contributed by atoms with E-state index in [1.165, 1.54) is 5.56 Å². The highest BCUT2D eigenvalue weighted by Crippen LogP contribution is 2.42. The Morgan fingerprint density at radius 2 is 2.10 bits per heavy atom. The minimum atomic E-state index is -0.346. The van der Waals surface area contributed by atoms with Crippen molar-refractivity contribution in [1.29, 1.82) is 0 Å². The zero-order valence-electron chi connectivity index (χ0n) is 17.1. The van der Waals surface area contributed by atoms with Crippen LogP contribution in [0.25, 0.3) is 0 Å². The molecule has 3 aliphatic rings. The fourth-order valence-electron chi connectivity index (χ4n) is 4.67. The Hall–Kier alpha value is -2.38. The van der Waals surface area contributed by atoms with Gasteiger partial charge in [0.25, 0.3) is 0 Å². The van der Waals surface area contributed by atoms with E-state index in [0.717, 1.165) is 79.8 Å². The maximum atomic E-state index is 6.40. The van der Waals surface area contributed by atoms with Crippen LogP contribution >= 0.6 is 0 Å². The summed E-state index contributed by atoms with van der Waals surface area (Å²) in [6, 6.07) is 4.00. The number of piperidine rings is 1. The van der Waals surface area contributed by atoms with Crippen molar-refractivity contribution in [2.24, 2.45) is 0 Å². The van der Waals surface area contributed by atoms with Crippen molar-refractivity contribution in [2.75, 3.05) is 33.1 Å². The van der Waals surface area contributed by atoms with Crippen molar-refractivity contribution < 1.29 is 18.9 Å². The number of hydrogen-bond acceptors (Lipinski definition) is 7. The highest BCUT2D eigenvalue weighted by molar-refractivity contribution is 5.52. The Bertz CT molecular complexity index is 919. The summed E-state index contributed by atoms with van der Waals surface area (Å²) in [4.78, 5) is 11.6. The van der Waals surface area contributed by atoms with Gasteiger partial charge >= 0.3 is 0 Å². The SMILES string of the molecule is CCOc1cc2c(cc1CN1CCC[C@]3(C1)OCCc1cnc(C)nc13)OCO2. The Labute approximate surface area is 171 Å². The van der Waals surface area contributed by atoms with Gasteiger partial charge in [-0.3, -0.25) is 4.90 Å². The lowest BCUT2D eigenvalue weighted by molar-refractivity contribution is -0.109. The van der Waals surface area contributed by atoms with E-state index >= 15 is 0 Å². The molecule has 3 aliphatic heterocycles. The largest absolute Gasteiger partial charge is 0.493 e. The van der Waals surface area contributed by atoms with Gasteiger partial charge in [-0.25, -0.2) is 9.97 Å². The number of ether oxygens (including phenoxy) is 4. The minimum absolute atomic E-state index is 0.265. The highest BCUT2D eigenvalue weighted by Gasteiger charge is 2.43. The van der Waals surface area contributed by atoms with Gasteiger partial charge < -0.3 is 18.9 Å². The molecular formula is C22H27N3O4. The van der Waals surface area contributed by atoms with Crippen molar-refractivity contribution >= 4 is 0 Å². The van der Waals surface area contributed by atoms with Gasteiger partial charge in [-0.2, -0.15) is 0 Å². The lowest BCUT2D eigenvalue weighted by Gasteiger charge is -2.45. The van der Waals surface area contributed by atoms with Gasteiger partial charge in [-0.05, 0) is 51.3 Å². The maximum absolute atomic E-state index is 6.40. The first-order valence-corrected chi connectivity index (χ1v) is 10.4. The molecule has 0 N–H and O–H groups in total. The zero-order chi connectivity index (χ0) is 19.8. The van der Waals surface area contributed by atoms with E-state index in [4.69, 9.17) is 23.9 Å². The number of rotatable bonds is 4. The summed E-state index contributed by atoms with van der Waals surface area (Å²) in [5.74, 6) is 3.21. The Morgan fingerprint density at radius 1 is 1.24 bits per heavy atom. The molecular weight excluding hydrogens is 370 g/mol. The zero-order valence-corrected chi connectivity index (χ0v) is 17.1. The van der Waals surface area contributed by atoms with Crippen molar-refractivity contribution in [3.8, 4) is 17.2 Å². The molecule has 0 saturated carbocycles. The summed E-state index contributed by atoms with van der Waals surface area (Å²) in [7, 11) is 0. The summed E-state index contributed by atoms with van der Waals surface area (Å²) in [6.45, 7) is 8.16. The van der Waals surface area contributed by atoms with Crippen molar-refractivity contribution in [1.82, 2.24) is 14.9 Å². The van der Waals surface area contributed by atoms with E-state index in [-0.39, 0.29) is 12.4 Å². The molecule has 7 heteroatoms. The molecule has 0 unspecified atom stereocenters. The number of likely N-dealkylation sites (tertiary alicyclic amines) is 1. The average Bonchev–Trinajstić information content (AvgIpc) is 3.17. The van der Waals surface area contributed by atoms with E-state index in [0.29, 0.717) is 6.61 Å². The van der Waals surface area contributed by atoms with E-state index in [1.54, 1.807) is 0 Å². The van der Waals surface area contributed by atoms with Crippen LogP contribution < -0.4 is 14.2 Å². The predicted molar refractivity (Wildman–Crippen MR) is 106 cm³/mol. The van der Waals surface area contributed by atoms with Crippen LogP contribution in [0.3, 0.4) is 0 Å². The highest BCUT2D eigenvalue weighted by atomic mass is 16.7. The molecule has 5 rings (SSSR count). The van der Waals surface area contributed by atoms with E-state index in [9.17, 15) is 0 Å². The molecule has 0 radical (unpaired) electrons. The molecule has 0 bridgehead atoms. The molecule has 1 aromatic heterocycles. The second kappa shape index (κ2) is 7.46. The number of fused-ring (bicyclic) bond motifs is 3. The molecule has 4 heterocycles. The smallest absolute Gasteiger partial charge is 0.231 e. The van der Waals surface area contributed by atoms with Crippen LogP contribution in [0.2, 0.25) is 0 Å². The van der Waals surface area contributed by atoms with Gasteiger partial charge in [0.05, 0.1) is 18.9 Å². The van der Waals surface area contributed by atoms with Gasteiger partial charge in [0.2, 0.25) is 6.79 Å². The van der Waals surface area contributed by atoms with Crippen LogP contribution in [-0.2, 0) is 23.3 Å². The molecule has 7 nitrogen and oxygen atoms in total. The maximum Gasteiger partial charge on any atom is 0.231 e. The van der Waals surface area contributed by atoms with Crippen LogP contribution in [0.5, 0.6) is 17.2 Å². The molecule has 0 amide bonds. The summed E-state index contributed by atoms with van der Waals surface area (Å²) >= 11 is 0. The van der Waals surface area contributed by atoms with Crippen LogP contribution in [0.15, 0.2) is 18.3 Å². The third kappa shape index (κ3) is 3.42. The summed E-state index contributed by atoms with van der Waals surface area (Å²) < 4.78 is 23.4. The predicted octanol–water partition coefficient (Wildman–Crippen LogP) is 2.98. The molecule has 0 aliphatic carbocycles. The lowest BCUT2D eigenvalue weighted by atomic mass is 9.84. The van der Waals surface area contributed by atoms with Gasteiger partial charge in [0.1, 0.15) is 17.2 Å². The standard InChI is InChI=1S/C22H27N3O4/c1-3-26-18-10-20-19(27-14-28-20)9-17(18)12-25-7-4-6-22(13-25)21-16(5-8-29-22)11-23-15(2)24-21/h9-11H,3-8,12-14H2,1-2H3/t22-/m1/s1. The Morgan fingerprint density at radius 3 is 2.97 bits per heavy atom. The van der Waals surface area contributed by atoms with Gasteiger partial charge in [0, 0.05) is 30.9 Å². The molecule has 1 atom stereocenters. The van der Waals surface area contributed by atoms with Crippen molar-refractivity contribution in [3.05, 3.63) is 41.0 Å². The quantitative estimate of drug-likeness (QED) is 0.786. The van der Waals surface area contributed by atoms with Crippen LogP contribution in [-0.4, -0.2) is 48.0 Å². The van der Waals surface area contributed by atoms with Crippen molar-refractivity contribution in [3.63, 3.8) is 0 Å². The summed E-state index contributed by atoms with van der Waals surface area (Å²) in [5.41, 5.74) is 3.07. The average molecular weight is 397 g/mol. The molecule has 1 saturated heterocycles. The van der Waals surface area contributed by atoms with Gasteiger partial charge in [0.15, 0.2) is 11.5 Å². The Balaban J connectivity index is 1.43. The third-order valence-electron chi connectivity index (χ3n) is 5.95. The molecule has 29 heavy (non-hydrogen) atoms. The topological polar surface area (TPSA) is 65.9 Å².